The fourth-order valence-corrected chi connectivity index (χ4v) is 3.47. The maximum Gasteiger partial charge on any atom is 0.410 e. The van der Waals surface area contributed by atoms with Crippen LogP contribution in [0.25, 0.3) is 0 Å². The van der Waals surface area contributed by atoms with E-state index in [0.29, 0.717) is 39.3 Å². The molecule has 0 bridgehead atoms. The first kappa shape index (κ1) is 17.4. The topological polar surface area (TPSA) is 71.4 Å². The molecule has 2 aliphatic heterocycles. The fraction of sp³-hybridized carbons (Fsp3) is 0.500. The van der Waals surface area contributed by atoms with Crippen LogP contribution in [0.5, 0.6) is 0 Å². The second-order valence-corrected chi connectivity index (χ2v) is 6.40. The number of amides is 3. The second-order valence-electron chi connectivity index (χ2n) is 6.40. The molecular formula is C18H24N3O4+. The van der Waals surface area contributed by atoms with E-state index < -0.39 is 0 Å². The third-order valence-corrected chi connectivity index (χ3v) is 4.85. The number of benzene rings is 1. The molecule has 0 saturated carbocycles. The van der Waals surface area contributed by atoms with Crippen LogP contribution in [-0.4, -0.2) is 66.5 Å². The molecule has 2 aliphatic rings. The molecule has 1 aromatic rings. The zero-order valence-corrected chi connectivity index (χ0v) is 14.4. The number of nitrogens with one attached hydrogen (secondary N) is 1. The standard InChI is InChI=1S/C18H23N3O4/c1-2-25-18(24)20-10-8-19(9-11-20)15-12-16(22)21(17(15)23)13-14-6-4-3-5-7-14/h3-7,15H,2,8-13H2,1H3/p+1/t15-/m0/s1. The average Bonchev–Trinajstić information content (AvgIpc) is 2.91. The summed E-state index contributed by atoms with van der Waals surface area (Å²) in [5, 5.41) is 0. The maximum atomic E-state index is 12.7. The summed E-state index contributed by atoms with van der Waals surface area (Å²) in [4.78, 5) is 40.9. The van der Waals surface area contributed by atoms with Crippen molar-refractivity contribution in [2.24, 2.45) is 0 Å². The van der Waals surface area contributed by atoms with Gasteiger partial charge in [-0.2, -0.15) is 0 Å². The summed E-state index contributed by atoms with van der Waals surface area (Å²) >= 11 is 0. The molecule has 0 aromatic heterocycles. The number of hydrogen-bond acceptors (Lipinski definition) is 4. The van der Waals surface area contributed by atoms with Crippen molar-refractivity contribution in [3.8, 4) is 0 Å². The van der Waals surface area contributed by atoms with Gasteiger partial charge in [0, 0.05) is 0 Å². The number of hydrogen-bond donors (Lipinski definition) is 1. The maximum absolute atomic E-state index is 12.7. The van der Waals surface area contributed by atoms with Crippen LogP contribution < -0.4 is 4.90 Å². The smallest absolute Gasteiger partial charge is 0.410 e. The quantitative estimate of drug-likeness (QED) is 0.758. The number of likely N-dealkylation sites (tertiary alicyclic amines) is 1. The number of imide groups is 1. The van der Waals surface area contributed by atoms with E-state index in [4.69, 9.17) is 4.74 Å². The fourth-order valence-electron chi connectivity index (χ4n) is 3.47. The predicted octanol–water partition coefficient (Wildman–Crippen LogP) is -0.329. The highest BCUT2D eigenvalue weighted by Gasteiger charge is 2.45. The Hall–Kier alpha value is -2.41. The Balaban J connectivity index is 1.58. The summed E-state index contributed by atoms with van der Waals surface area (Å²) in [5.41, 5.74) is 0.951. The van der Waals surface area contributed by atoms with E-state index in [0.717, 1.165) is 10.5 Å². The molecular weight excluding hydrogens is 322 g/mol. The van der Waals surface area contributed by atoms with Crippen molar-refractivity contribution in [3.05, 3.63) is 35.9 Å². The Morgan fingerprint density at radius 2 is 1.88 bits per heavy atom. The highest BCUT2D eigenvalue weighted by atomic mass is 16.6. The second kappa shape index (κ2) is 7.65. The molecule has 7 nitrogen and oxygen atoms in total. The molecule has 1 aromatic carbocycles. The van der Waals surface area contributed by atoms with E-state index in [-0.39, 0.29) is 30.4 Å². The minimum atomic E-state index is -0.333. The lowest BCUT2D eigenvalue weighted by Gasteiger charge is -2.33. The lowest BCUT2D eigenvalue weighted by atomic mass is 10.2. The van der Waals surface area contributed by atoms with Crippen molar-refractivity contribution in [3.63, 3.8) is 0 Å². The number of piperazine rings is 1. The van der Waals surface area contributed by atoms with E-state index in [2.05, 4.69) is 0 Å². The molecule has 7 heteroatoms. The Morgan fingerprint density at radius 1 is 1.20 bits per heavy atom. The van der Waals surface area contributed by atoms with Crippen LogP contribution >= 0.6 is 0 Å². The Labute approximate surface area is 147 Å². The average molecular weight is 346 g/mol. The summed E-state index contributed by atoms with van der Waals surface area (Å²) in [7, 11) is 0. The molecule has 0 unspecified atom stereocenters. The molecule has 2 heterocycles. The first-order chi connectivity index (χ1) is 12.1. The first-order valence-electron chi connectivity index (χ1n) is 8.74. The van der Waals surface area contributed by atoms with E-state index in [1.54, 1.807) is 11.8 Å². The highest BCUT2D eigenvalue weighted by molar-refractivity contribution is 6.04. The Kier molecular flexibility index (Phi) is 5.33. The lowest BCUT2D eigenvalue weighted by molar-refractivity contribution is -0.918. The number of nitrogens with zero attached hydrogens (tertiary/aromatic N) is 2. The van der Waals surface area contributed by atoms with Crippen molar-refractivity contribution in [1.82, 2.24) is 9.80 Å². The van der Waals surface area contributed by atoms with Crippen LogP contribution in [0, 0.1) is 0 Å². The molecule has 3 rings (SSSR count). The highest BCUT2D eigenvalue weighted by Crippen LogP contribution is 2.15. The van der Waals surface area contributed by atoms with E-state index in [1.165, 1.54) is 4.90 Å². The van der Waals surface area contributed by atoms with Gasteiger partial charge in [-0.3, -0.25) is 19.4 Å². The molecule has 1 N–H and O–H groups in total. The van der Waals surface area contributed by atoms with Gasteiger partial charge in [-0.15, -0.1) is 0 Å². The summed E-state index contributed by atoms with van der Waals surface area (Å²) in [5.74, 6) is -0.215. The van der Waals surface area contributed by atoms with Gasteiger partial charge in [-0.05, 0) is 12.5 Å². The van der Waals surface area contributed by atoms with E-state index in [1.807, 2.05) is 30.3 Å². The van der Waals surface area contributed by atoms with Crippen LogP contribution in [0.2, 0.25) is 0 Å². The molecule has 134 valence electrons. The number of carbonyl (C=O) groups excluding carboxylic acids is 3. The molecule has 0 spiro atoms. The monoisotopic (exact) mass is 346 g/mol. The van der Waals surface area contributed by atoms with Crippen LogP contribution in [0.1, 0.15) is 18.9 Å². The van der Waals surface area contributed by atoms with Gasteiger partial charge in [0.05, 0.1) is 45.8 Å². The SMILES string of the molecule is CCOC(=O)N1CC[NH+]([C@H]2CC(=O)N(Cc3ccccc3)C2=O)CC1. The third-order valence-electron chi connectivity index (χ3n) is 4.85. The van der Waals surface area contributed by atoms with Gasteiger partial charge < -0.3 is 9.64 Å². The number of carbonyl (C=O) groups is 3. The predicted molar refractivity (Wildman–Crippen MR) is 89.7 cm³/mol. The molecule has 2 saturated heterocycles. The number of quaternary nitrogens is 1. The van der Waals surface area contributed by atoms with E-state index in [9.17, 15) is 14.4 Å². The van der Waals surface area contributed by atoms with Gasteiger partial charge in [0.1, 0.15) is 0 Å². The Morgan fingerprint density at radius 3 is 2.52 bits per heavy atom. The molecule has 0 radical (unpaired) electrons. The lowest BCUT2D eigenvalue weighted by Crippen LogP contribution is -3.19. The summed E-state index contributed by atoms with van der Waals surface area (Å²) < 4.78 is 5.01. The number of rotatable bonds is 4. The summed E-state index contributed by atoms with van der Waals surface area (Å²) in [6, 6.07) is 9.21. The molecule has 1 atom stereocenters. The molecule has 25 heavy (non-hydrogen) atoms. The Bertz CT molecular complexity index is 641. The zero-order valence-electron chi connectivity index (χ0n) is 14.4. The normalized spacial score (nSPS) is 21.7. The van der Waals surface area contributed by atoms with Crippen LogP contribution in [-0.2, 0) is 20.9 Å². The third kappa shape index (κ3) is 3.82. The summed E-state index contributed by atoms with van der Waals surface area (Å²) in [6.45, 7) is 4.87. The van der Waals surface area contributed by atoms with Gasteiger partial charge in [0.15, 0.2) is 6.04 Å². The van der Waals surface area contributed by atoms with Crippen LogP contribution in [0.3, 0.4) is 0 Å². The minimum absolute atomic E-state index is 0.103. The van der Waals surface area contributed by atoms with Crippen molar-refractivity contribution in [1.29, 1.82) is 0 Å². The van der Waals surface area contributed by atoms with Gasteiger partial charge in [-0.25, -0.2) is 4.79 Å². The molecule has 0 aliphatic carbocycles. The van der Waals surface area contributed by atoms with Crippen molar-refractivity contribution in [2.45, 2.75) is 25.9 Å². The largest absolute Gasteiger partial charge is 0.450 e. The molecule has 2 fully saturated rings. The van der Waals surface area contributed by atoms with Gasteiger partial charge in [0.25, 0.3) is 5.91 Å². The minimum Gasteiger partial charge on any atom is -0.450 e. The van der Waals surface area contributed by atoms with Crippen LogP contribution in [0.4, 0.5) is 4.79 Å². The zero-order chi connectivity index (χ0) is 17.8. The van der Waals surface area contributed by atoms with Crippen molar-refractivity contribution >= 4 is 17.9 Å². The van der Waals surface area contributed by atoms with Crippen molar-refractivity contribution in [2.75, 3.05) is 32.8 Å². The molecule has 3 amide bonds. The van der Waals surface area contributed by atoms with E-state index >= 15 is 0 Å². The van der Waals surface area contributed by atoms with Gasteiger partial charge >= 0.3 is 6.09 Å². The van der Waals surface area contributed by atoms with Crippen molar-refractivity contribution < 1.29 is 24.0 Å². The number of ether oxygens (including phenoxy) is 1. The van der Waals surface area contributed by atoms with Gasteiger partial charge in [0.2, 0.25) is 5.91 Å². The van der Waals surface area contributed by atoms with Crippen LogP contribution in [0.15, 0.2) is 30.3 Å². The first-order valence-corrected chi connectivity index (χ1v) is 8.74. The van der Waals surface area contributed by atoms with Gasteiger partial charge in [-0.1, -0.05) is 30.3 Å². The summed E-state index contributed by atoms with van der Waals surface area (Å²) in [6.07, 6.45) is -0.0542.